The molecule has 3 N–H and O–H groups in total. The number of hydrogen-bond acceptors (Lipinski definition) is 5. The average molecular weight is 249 g/mol. The summed E-state index contributed by atoms with van der Waals surface area (Å²) in [5, 5.41) is 3.17. The number of hydrogen-bond donors (Lipinski definition) is 2. The minimum atomic E-state index is 0.205. The minimum absolute atomic E-state index is 0.205. The Morgan fingerprint density at radius 3 is 2.83 bits per heavy atom. The van der Waals surface area contributed by atoms with Crippen LogP contribution in [0.1, 0.15) is 31.2 Å². The molecule has 0 spiro atoms. The van der Waals surface area contributed by atoms with E-state index >= 15 is 0 Å². The zero-order valence-corrected chi connectivity index (χ0v) is 11.3. The summed E-state index contributed by atoms with van der Waals surface area (Å²) >= 11 is 0. The molecule has 0 saturated carbocycles. The fourth-order valence-corrected chi connectivity index (χ4v) is 2.34. The molecule has 0 aliphatic carbocycles. The molecule has 5 heteroatoms. The Morgan fingerprint density at radius 2 is 2.22 bits per heavy atom. The summed E-state index contributed by atoms with van der Waals surface area (Å²) < 4.78 is 0. The standard InChI is InChI=1S/C13H23N5/c1-10(6-14)17-13-15-7-12(8-16-13)11-4-3-5-18(2)9-11/h7-8,10-11H,3-6,9,14H2,1-2H3,(H,15,16,17). The highest BCUT2D eigenvalue weighted by Crippen LogP contribution is 2.25. The predicted octanol–water partition coefficient (Wildman–Crippen LogP) is 1.04. The zero-order chi connectivity index (χ0) is 13.0. The van der Waals surface area contributed by atoms with Crippen LogP contribution in [0.4, 0.5) is 5.95 Å². The Hall–Kier alpha value is -1.20. The van der Waals surface area contributed by atoms with Crippen LogP contribution in [0.3, 0.4) is 0 Å². The van der Waals surface area contributed by atoms with E-state index < -0.39 is 0 Å². The smallest absolute Gasteiger partial charge is 0.222 e. The molecule has 0 radical (unpaired) electrons. The second kappa shape index (κ2) is 6.11. The molecule has 0 aromatic carbocycles. The number of likely N-dealkylation sites (N-methyl/N-ethyl adjacent to an activating group) is 1. The number of aromatic nitrogens is 2. The van der Waals surface area contributed by atoms with Crippen LogP contribution in [-0.2, 0) is 0 Å². The van der Waals surface area contributed by atoms with E-state index in [-0.39, 0.29) is 6.04 Å². The molecule has 1 aliphatic heterocycles. The maximum absolute atomic E-state index is 5.56. The predicted molar refractivity (Wildman–Crippen MR) is 73.6 cm³/mol. The van der Waals surface area contributed by atoms with Crippen molar-refractivity contribution < 1.29 is 0 Å². The van der Waals surface area contributed by atoms with E-state index in [0.29, 0.717) is 18.4 Å². The highest BCUT2D eigenvalue weighted by molar-refractivity contribution is 5.27. The molecule has 2 heterocycles. The molecule has 100 valence electrons. The molecular weight excluding hydrogens is 226 g/mol. The third-order valence-electron chi connectivity index (χ3n) is 3.50. The van der Waals surface area contributed by atoms with E-state index in [9.17, 15) is 0 Å². The number of nitrogens with zero attached hydrogens (tertiary/aromatic N) is 3. The van der Waals surface area contributed by atoms with Crippen molar-refractivity contribution in [3.63, 3.8) is 0 Å². The van der Waals surface area contributed by atoms with Gasteiger partial charge in [-0.25, -0.2) is 9.97 Å². The monoisotopic (exact) mass is 249 g/mol. The third-order valence-corrected chi connectivity index (χ3v) is 3.50. The van der Waals surface area contributed by atoms with Crippen molar-refractivity contribution >= 4 is 5.95 Å². The van der Waals surface area contributed by atoms with Gasteiger partial charge < -0.3 is 16.0 Å². The van der Waals surface area contributed by atoms with Crippen molar-refractivity contribution in [2.75, 3.05) is 32.0 Å². The number of rotatable bonds is 4. The van der Waals surface area contributed by atoms with Crippen molar-refractivity contribution in [1.29, 1.82) is 0 Å². The molecule has 2 unspecified atom stereocenters. The van der Waals surface area contributed by atoms with Crippen LogP contribution in [0.15, 0.2) is 12.4 Å². The first kappa shape index (κ1) is 13.2. The van der Waals surface area contributed by atoms with Gasteiger partial charge in [0, 0.05) is 31.5 Å². The zero-order valence-electron chi connectivity index (χ0n) is 11.3. The van der Waals surface area contributed by atoms with Gasteiger partial charge in [0.15, 0.2) is 0 Å². The van der Waals surface area contributed by atoms with Crippen molar-refractivity contribution in [3.8, 4) is 0 Å². The second-order valence-corrected chi connectivity index (χ2v) is 5.22. The Labute approximate surface area is 109 Å². The van der Waals surface area contributed by atoms with Gasteiger partial charge in [0.2, 0.25) is 5.95 Å². The van der Waals surface area contributed by atoms with Crippen LogP contribution >= 0.6 is 0 Å². The Balaban J connectivity index is 1.98. The van der Waals surface area contributed by atoms with Gasteiger partial charge in [-0.3, -0.25) is 0 Å². The molecule has 2 rings (SSSR count). The highest BCUT2D eigenvalue weighted by atomic mass is 15.1. The molecule has 1 fully saturated rings. The van der Waals surface area contributed by atoms with Gasteiger partial charge in [-0.2, -0.15) is 0 Å². The number of piperidine rings is 1. The maximum Gasteiger partial charge on any atom is 0.222 e. The van der Waals surface area contributed by atoms with Gasteiger partial charge in [-0.1, -0.05) is 0 Å². The van der Waals surface area contributed by atoms with Crippen molar-refractivity contribution in [3.05, 3.63) is 18.0 Å². The van der Waals surface area contributed by atoms with Crippen molar-refractivity contribution in [2.24, 2.45) is 5.73 Å². The van der Waals surface area contributed by atoms with Crippen LogP contribution in [-0.4, -0.2) is 47.6 Å². The lowest BCUT2D eigenvalue weighted by Gasteiger charge is -2.29. The summed E-state index contributed by atoms with van der Waals surface area (Å²) in [4.78, 5) is 11.1. The number of anilines is 1. The normalized spacial score (nSPS) is 22.7. The van der Waals surface area contributed by atoms with Gasteiger partial charge in [0.05, 0.1) is 0 Å². The number of nitrogens with one attached hydrogen (secondary N) is 1. The molecule has 5 nitrogen and oxygen atoms in total. The molecular formula is C13H23N5. The molecule has 18 heavy (non-hydrogen) atoms. The van der Waals surface area contributed by atoms with Gasteiger partial charge in [-0.05, 0) is 44.8 Å². The maximum atomic E-state index is 5.56. The fraction of sp³-hybridized carbons (Fsp3) is 0.692. The SMILES string of the molecule is CC(CN)Nc1ncc(C2CCCN(C)C2)cn1. The average Bonchev–Trinajstić information content (AvgIpc) is 2.39. The van der Waals surface area contributed by atoms with E-state index in [2.05, 4.69) is 27.2 Å². The van der Waals surface area contributed by atoms with E-state index in [0.717, 1.165) is 6.54 Å². The van der Waals surface area contributed by atoms with Gasteiger partial charge in [0.1, 0.15) is 0 Å². The largest absolute Gasteiger partial charge is 0.351 e. The molecule has 2 atom stereocenters. The van der Waals surface area contributed by atoms with Crippen LogP contribution in [0.25, 0.3) is 0 Å². The summed E-state index contributed by atoms with van der Waals surface area (Å²) in [6.07, 6.45) is 6.38. The van der Waals surface area contributed by atoms with Crippen molar-refractivity contribution in [2.45, 2.75) is 31.7 Å². The van der Waals surface area contributed by atoms with E-state index in [1.807, 2.05) is 19.3 Å². The number of nitrogens with two attached hydrogens (primary N) is 1. The lowest BCUT2D eigenvalue weighted by molar-refractivity contribution is 0.250. The first-order valence-corrected chi connectivity index (χ1v) is 6.66. The molecule has 1 aliphatic rings. The van der Waals surface area contributed by atoms with Crippen LogP contribution < -0.4 is 11.1 Å². The van der Waals surface area contributed by atoms with Gasteiger partial charge in [-0.15, -0.1) is 0 Å². The van der Waals surface area contributed by atoms with Crippen LogP contribution in [0, 0.1) is 0 Å². The van der Waals surface area contributed by atoms with Gasteiger partial charge >= 0.3 is 0 Å². The number of likely N-dealkylation sites (tertiary alicyclic amines) is 1. The Bertz CT molecular complexity index is 364. The Morgan fingerprint density at radius 1 is 1.50 bits per heavy atom. The summed E-state index contributed by atoms with van der Waals surface area (Å²) in [7, 11) is 2.17. The lowest BCUT2D eigenvalue weighted by atomic mass is 9.93. The molecule has 0 bridgehead atoms. The van der Waals surface area contributed by atoms with Crippen LogP contribution in [0.2, 0.25) is 0 Å². The van der Waals surface area contributed by atoms with Gasteiger partial charge in [0.25, 0.3) is 0 Å². The summed E-state index contributed by atoms with van der Waals surface area (Å²) in [6, 6.07) is 0.205. The summed E-state index contributed by atoms with van der Waals surface area (Å²) in [5.74, 6) is 1.24. The third kappa shape index (κ3) is 3.40. The molecule has 0 amide bonds. The second-order valence-electron chi connectivity index (χ2n) is 5.22. The minimum Gasteiger partial charge on any atom is -0.351 e. The van der Waals surface area contributed by atoms with Crippen molar-refractivity contribution in [1.82, 2.24) is 14.9 Å². The van der Waals surface area contributed by atoms with E-state index in [1.165, 1.54) is 24.9 Å². The molecule has 1 aromatic rings. The molecule has 1 aromatic heterocycles. The highest BCUT2D eigenvalue weighted by Gasteiger charge is 2.19. The summed E-state index contributed by atoms with van der Waals surface area (Å²) in [6.45, 7) is 4.91. The first-order valence-electron chi connectivity index (χ1n) is 6.66. The lowest BCUT2D eigenvalue weighted by Crippen LogP contribution is -2.31. The molecule has 1 saturated heterocycles. The Kier molecular flexibility index (Phi) is 4.49. The van der Waals surface area contributed by atoms with E-state index in [1.54, 1.807) is 0 Å². The summed E-state index contributed by atoms with van der Waals surface area (Å²) in [5.41, 5.74) is 6.80. The fourth-order valence-electron chi connectivity index (χ4n) is 2.34. The van der Waals surface area contributed by atoms with Crippen LogP contribution in [0.5, 0.6) is 0 Å². The quantitative estimate of drug-likeness (QED) is 0.834. The first-order chi connectivity index (χ1) is 8.69. The topological polar surface area (TPSA) is 67.1 Å². The van der Waals surface area contributed by atoms with E-state index in [4.69, 9.17) is 5.73 Å².